The van der Waals surface area contributed by atoms with E-state index in [9.17, 15) is 4.79 Å². The summed E-state index contributed by atoms with van der Waals surface area (Å²) in [4.78, 5) is 16.3. The zero-order valence-corrected chi connectivity index (χ0v) is 12.6. The van der Waals surface area contributed by atoms with Gasteiger partial charge in [0.1, 0.15) is 6.61 Å². The van der Waals surface area contributed by atoms with E-state index < -0.39 is 5.97 Å². The first-order valence-corrected chi connectivity index (χ1v) is 7.72. The maximum Gasteiger partial charge on any atom is 0.360 e. The molecule has 0 bridgehead atoms. The molecule has 0 saturated heterocycles. The quantitative estimate of drug-likeness (QED) is 0.693. The Labute approximate surface area is 133 Å². The Kier molecular flexibility index (Phi) is 3.49. The number of ether oxygens (including phenoxy) is 1. The van der Waals surface area contributed by atoms with Crippen LogP contribution in [0.25, 0.3) is 10.9 Å². The van der Waals surface area contributed by atoms with Crippen LogP contribution >= 0.6 is 0 Å². The van der Waals surface area contributed by atoms with Crippen molar-refractivity contribution >= 4 is 16.9 Å². The van der Waals surface area contributed by atoms with E-state index in [2.05, 4.69) is 15.3 Å². The number of benzene rings is 1. The van der Waals surface area contributed by atoms with E-state index in [1.54, 1.807) is 17.1 Å². The summed E-state index contributed by atoms with van der Waals surface area (Å²) < 4.78 is 7.10. The van der Waals surface area contributed by atoms with Crippen molar-refractivity contribution in [1.82, 2.24) is 20.0 Å². The molecule has 1 aromatic carbocycles. The molecule has 0 aliphatic heterocycles. The van der Waals surface area contributed by atoms with Crippen molar-refractivity contribution in [3.05, 3.63) is 54.0 Å². The Morgan fingerprint density at radius 1 is 1.30 bits per heavy atom. The molecule has 2 heterocycles. The number of pyridine rings is 1. The molecular formula is C17H16N4O2. The highest BCUT2D eigenvalue weighted by molar-refractivity contribution is 5.86. The minimum atomic E-state index is -0.443. The zero-order valence-electron chi connectivity index (χ0n) is 12.6. The third kappa shape index (κ3) is 2.79. The molecule has 116 valence electrons. The fraction of sp³-hybridized carbons (Fsp3) is 0.294. The predicted molar refractivity (Wildman–Crippen MR) is 83.8 cm³/mol. The number of rotatable bonds is 4. The van der Waals surface area contributed by atoms with Crippen molar-refractivity contribution in [1.29, 1.82) is 0 Å². The molecule has 6 nitrogen and oxygen atoms in total. The third-order valence-electron chi connectivity index (χ3n) is 4.21. The molecule has 3 aromatic rings. The second-order valence-corrected chi connectivity index (χ2v) is 5.78. The Morgan fingerprint density at radius 2 is 2.22 bits per heavy atom. The van der Waals surface area contributed by atoms with Gasteiger partial charge >= 0.3 is 5.97 Å². The average Bonchev–Trinajstić information content (AvgIpc) is 3.00. The van der Waals surface area contributed by atoms with E-state index in [-0.39, 0.29) is 12.3 Å². The van der Waals surface area contributed by atoms with Gasteiger partial charge in [-0.1, -0.05) is 17.3 Å². The van der Waals surface area contributed by atoms with Crippen LogP contribution in [0.4, 0.5) is 0 Å². The van der Waals surface area contributed by atoms with Crippen molar-refractivity contribution < 1.29 is 9.53 Å². The predicted octanol–water partition coefficient (Wildman–Crippen LogP) is 2.91. The van der Waals surface area contributed by atoms with Crippen molar-refractivity contribution in [3.63, 3.8) is 0 Å². The van der Waals surface area contributed by atoms with Crippen LogP contribution in [0.3, 0.4) is 0 Å². The van der Waals surface area contributed by atoms with Gasteiger partial charge in [-0.2, -0.15) is 0 Å². The standard InChI is InChI=1S/C17H16N4O2/c22-17(16-10-21(20-19-16)14-4-1-5-14)23-11-12-6-7-15-13(9-12)3-2-8-18-15/h2-3,6-10,14H,1,4-5,11H2. The lowest BCUT2D eigenvalue weighted by atomic mass is 9.93. The van der Waals surface area contributed by atoms with E-state index in [0.717, 1.165) is 29.3 Å². The van der Waals surface area contributed by atoms with E-state index >= 15 is 0 Å². The molecule has 6 heteroatoms. The molecule has 1 saturated carbocycles. The van der Waals surface area contributed by atoms with E-state index in [4.69, 9.17) is 4.74 Å². The lowest BCUT2D eigenvalue weighted by Gasteiger charge is -2.24. The second-order valence-electron chi connectivity index (χ2n) is 5.78. The summed E-state index contributed by atoms with van der Waals surface area (Å²) in [6, 6.07) is 10.1. The van der Waals surface area contributed by atoms with Crippen molar-refractivity contribution in [3.8, 4) is 0 Å². The SMILES string of the molecule is O=C(OCc1ccc2ncccc2c1)c1cn(C2CCC2)nn1. The first-order valence-electron chi connectivity index (χ1n) is 7.72. The summed E-state index contributed by atoms with van der Waals surface area (Å²) in [7, 11) is 0. The number of carbonyl (C=O) groups excluding carboxylic acids is 1. The molecule has 23 heavy (non-hydrogen) atoms. The monoisotopic (exact) mass is 308 g/mol. The molecule has 1 aliphatic rings. The molecule has 0 radical (unpaired) electrons. The molecule has 1 fully saturated rings. The van der Waals surface area contributed by atoms with Crippen LogP contribution in [-0.4, -0.2) is 25.9 Å². The summed E-state index contributed by atoms with van der Waals surface area (Å²) in [6.07, 6.45) is 6.84. The highest BCUT2D eigenvalue weighted by atomic mass is 16.5. The number of hydrogen-bond donors (Lipinski definition) is 0. The summed E-state index contributed by atoms with van der Waals surface area (Å²) in [5, 5.41) is 8.95. The topological polar surface area (TPSA) is 69.9 Å². The van der Waals surface area contributed by atoms with Gasteiger partial charge in [0.05, 0.1) is 17.8 Å². The Balaban J connectivity index is 1.42. The number of hydrogen-bond acceptors (Lipinski definition) is 5. The minimum Gasteiger partial charge on any atom is -0.456 e. The first kappa shape index (κ1) is 13.9. The van der Waals surface area contributed by atoms with E-state index in [0.29, 0.717) is 6.04 Å². The minimum absolute atomic E-state index is 0.208. The van der Waals surface area contributed by atoms with Gasteiger partial charge in [-0.3, -0.25) is 4.98 Å². The fourth-order valence-electron chi connectivity index (χ4n) is 2.64. The van der Waals surface area contributed by atoms with Gasteiger partial charge in [-0.15, -0.1) is 5.10 Å². The fourth-order valence-corrected chi connectivity index (χ4v) is 2.64. The van der Waals surface area contributed by atoms with Gasteiger partial charge in [0, 0.05) is 11.6 Å². The van der Waals surface area contributed by atoms with Crippen LogP contribution in [0.15, 0.2) is 42.7 Å². The summed E-state index contributed by atoms with van der Waals surface area (Å²) >= 11 is 0. The number of esters is 1. The van der Waals surface area contributed by atoms with Crippen LogP contribution in [0.2, 0.25) is 0 Å². The van der Waals surface area contributed by atoms with Crippen LogP contribution in [0.5, 0.6) is 0 Å². The van der Waals surface area contributed by atoms with E-state index in [1.807, 2.05) is 30.3 Å². The van der Waals surface area contributed by atoms with Gasteiger partial charge in [0.25, 0.3) is 0 Å². The van der Waals surface area contributed by atoms with Gasteiger partial charge < -0.3 is 4.74 Å². The molecule has 0 atom stereocenters. The van der Waals surface area contributed by atoms with Crippen LogP contribution in [-0.2, 0) is 11.3 Å². The average molecular weight is 308 g/mol. The highest BCUT2D eigenvalue weighted by Gasteiger charge is 2.22. The van der Waals surface area contributed by atoms with Gasteiger partial charge in [0.2, 0.25) is 0 Å². The lowest BCUT2D eigenvalue weighted by molar-refractivity contribution is 0.0465. The molecular weight excluding hydrogens is 292 g/mol. The molecule has 1 aliphatic carbocycles. The second kappa shape index (κ2) is 5.79. The Morgan fingerprint density at radius 3 is 3.04 bits per heavy atom. The van der Waals surface area contributed by atoms with Gasteiger partial charge in [0.15, 0.2) is 5.69 Å². The first-order chi connectivity index (χ1) is 11.3. The van der Waals surface area contributed by atoms with Crippen molar-refractivity contribution in [2.45, 2.75) is 31.9 Å². The summed E-state index contributed by atoms with van der Waals surface area (Å²) in [6.45, 7) is 0.208. The van der Waals surface area contributed by atoms with Crippen LogP contribution in [0, 0.1) is 0 Å². The largest absolute Gasteiger partial charge is 0.456 e. The number of fused-ring (bicyclic) bond motifs is 1. The van der Waals surface area contributed by atoms with Crippen LogP contribution < -0.4 is 0 Å². The normalized spacial score (nSPS) is 14.6. The van der Waals surface area contributed by atoms with Crippen molar-refractivity contribution in [2.24, 2.45) is 0 Å². The maximum atomic E-state index is 12.1. The molecule has 0 unspecified atom stereocenters. The summed E-state index contributed by atoms with van der Waals surface area (Å²) in [5.41, 5.74) is 2.11. The highest BCUT2D eigenvalue weighted by Crippen LogP contribution is 2.30. The Bertz CT molecular complexity index is 854. The number of nitrogens with zero attached hydrogens (tertiary/aromatic N) is 4. The molecule has 0 N–H and O–H groups in total. The molecule has 0 spiro atoms. The zero-order chi connectivity index (χ0) is 15.6. The van der Waals surface area contributed by atoms with Crippen molar-refractivity contribution in [2.75, 3.05) is 0 Å². The molecule has 2 aromatic heterocycles. The molecule has 0 amide bonds. The van der Waals surface area contributed by atoms with Gasteiger partial charge in [-0.25, -0.2) is 9.48 Å². The smallest absolute Gasteiger partial charge is 0.360 e. The van der Waals surface area contributed by atoms with Crippen LogP contribution in [0.1, 0.15) is 41.4 Å². The number of carbonyl (C=O) groups is 1. The van der Waals surface area contributed by atoms with Gasteiger partial charge in [-0.05, 0) is 43.0 Å². The van der Waals surface area contributed by atoms with E-state index in [1.165, 1.54) is 6.42 Å². The summed E-state index contributed by atoms with van der Waals surface area (Å²) in [5.74, 6) is -0.443. The third-order valence-corrected chi connectivity index (χ3v) is 4.21. The maximum absolute atomic E-state index is 12.1. The molecule has 4 rings (SSSR count). The number of aromatic nitrogens is 4. The Hall–Kier alpha value is -2.76. The lowest BCUT2D eigenvalue weighted by Crippen LogP contribution is -2.17.